The average Bonchev–Trinajstić information content (AvgIpc) is 2.17. The first kappa shape index (κ1) is 14.1. The first-order valence-electron chi connectivity index (χ1n) is 6.40. The topological polar surface area (TPSA) is 24.8 Å². The van der Waals surface area contributed by atoms with Gasteiger partial charge in [-0.15, -0.1) is 5.10 Å². The van der Waals surface area contributed by atoms with Gasteiger partial charge in [0.2, 0.25) is 5.90 Å². The monoisotopic (exact) mass is 238 g/mol. The summed E-state index contributed by atoms with van der Waals surface area (Å²) < 4.78 is 5.72. The average molecular weight is 238 g/mol. The lowest BCUT2D eigenvalue weighted by Crippen LogP contribution is -2.46. The first-order chi connectivity index (χ1) is 7.71. The van der Waals surface area contributed by atoms with Gasteiger partial charge in [0, 0.05) is 6.08 Å². The van der Waals surface area contributed by atoms with Crippen LogP contribution in [0, 0.1) is 5.92 Å². The molecule has 1 atom stereocenters. The van der Waals surface area contributed by atoms with Crippen LogP contribution >= 0.6 is 0 Å². The Morgan fingerprint density at radius 1 is 1.41 bits per heavy atom. The van der Waals surface area contributed by atoms with Crippen LogP contribution in [0.3, 0.4) is 0 Å². The van der Waals surface area contributed by atoms with Crippen LogP contribution in [-0.4, -0.2) is 29.1 Å². The summed E-state index contributed by atoms with van der Waals surface area (Å²) in [6.45, 7) is 15.8. The summed E-state index contributed by atoms with van der Waals surface area (Å²) in [5, 5.41) is 6.73. The molecule has 98 valence electrons. The van der Waals surface area contributed by atoms with Crippen molar-refractivity contribution in [1.29, 1.82) is 0 Å². The van der Waals surface area contributed by atoms with Gasteiger partial charge in [-0.3, -0.25) is 5.01 Å². The maximum atomic E-state index is 5.72. The second-order valence-electron chi connectivity index (χ2n) is 6.22. The Labute approximate surface area is 106 Å². The fourth-order valence-electron chi connectivity index (χ4n) is 1.78. The van der Waals surface area contributed by atoms with Crippen LogP contribution in [0.1, 0.15) is 48.5 Å². The van der Waals surface area contributed by atoms with Crippen molar-refractivity contribution < 1.29 is 4.74 Å². The zero-order chi connectivity index (χ0) is 13.2. The predicted octanol–water partition coefficient (Wildman–Crippen LogP) is 3.42. The van der Waals surface area contributed by atoms with Crippen LogP contribution in [0.25, 0.3) is 0 Å². The highest BCUT2D eigenvalue weighted by atomic mass is 16.5. The van der Waals surface area contributed by atoms with Crippen LogP contribution < -0.4 is 0 Å². The van der Waals surface area contributed by atoms with Crippen LogP contribution in [-0.2, 0) is 4.74 Å². The molecule has 0 bridgehead atoms. The molecule has 0 aromatic rings. The summed E-state index contributed by atoms with van der Waals surface area (Å²) in [6, 6.07) is 0.335. The number of hydrogen-bond acceptors (Lipinski definition) is 3. The molecule has 0 saturated carbocycles. The van der Waals surface area contributed by atoms with Crippen LogP contribution in [0.15, 0.2) is 16.8 Å². The molecule has 1 heterocycles. The van der Waals surface area contributed by atoms with E-state index in [0.29, 0.717) is 12.0 Å². The van der Waals surface area contributed by atoms with E-state index in [-0.39, 0.29) is 5.54 Å². The van der Waals surface area contributed by atoms with E-state index in [1.54, 1.807) is 0 Å². The van der Waals surface area contributed by atoms with Crippen molar-refractivity contribution in [2.45, 2.75) is 60.0 Å². The van der Waals surface area contributed by atoms with E-state index in [1.807, 2.05) is 0 Å². The lowest BCUT2D eigenvalue weighted by atomic mass is 10.0. The van der Waals surface area contributed by atoms with Gasteiger partial charge in [0.05, 0.1) is 18.2 Å². The minimum Gasteiger partial charge on any atom is -0.476 e. The Hall–Kier alpha value is -0.990. The third kappa shape index (κ3) is 3.76. The Kier molecular flexibility index (Phi) is 4.23. The molecule has 0 N–H and O–H groups in total. The molecule has 3 heteroatoms. The molecule has 0 aromatic heterocycles. The molecular weight excluding hydrogens is 212 g/mol. The first-order valence-corrected chi connectivity index (χ1v) is 6.40. The van der Waals surface area contributed by atoms with E-state index in [2.05, 4.69) is 64.7 Å². The van der Waals surface area contributed by atoms with Crippen molar-refractivity contribution in [3.8, 4) is 0 Å². The van der Waals surface area contributed by atoms with Crippen molar-refractivity contribution in [3.05, 3.63) is 11.6 Å². The summed E-state index contributed by atoms with van der Waals surface area (Å²) in [6.07, 6.45) is 2.05. The van der Waals surface area contributed by atoms with E-state index < -0.39 is 0 Å². The fraction of sp³-hybridized carbons (Fsp3) is 0.786. The third-order valence-corrected chi connectivity index (χ3v) is 2.84. The van der Waals surface area contributed by atoms with Crippen molar-refractivity contribution in [1.82, 2.24) is 5.01 Å². The standard InChI is InChI=1S/C14H26N2O/c1-10(2)9-17-13-8-11(3)12(4)16(15-13)14(5,6)7/h8,10,12H,9H2,1-7H3/t12-/m0/s1. The minimum atomic E-state index is 0.0153. The summed E-state index contributed by atoms with van der Waals surface area (Å²) in [5.74, 6) is 1.26. The SMILES string of the molecule is CC1=CC(OCC(C)C)=NN(C(C)(C)C)[C@H]1C. The van der Waals surface area contributed by atoms with E-state index in [4.69, 9.17) is 4.74 Å². The van der Waals surface area contributed by atoms with E-state index in [1.165, 1.54) is 5.57 Å². The van der Waals surface area contributed by atoms with Crippen molar-refractivity contribution in [2.75, 3.05) is 6.61 Å². The Morgan fingerprint density at radius 2 is 2.00 bits per heavy atom. The molecule has 0 aromatic carbocycles. The van der Waals surface area contributed by atoms with Gasteiger partial charge < -0.3 is 4.74 Å². The van der Waals surface area contributed by atoms with Gasteiger partial charge >= 0.3 is 0 Å². The van der Waals surface area contributed by atoms with E-state index in [0.717, 1.165) is 12.5 Å². The van der Waals surface area contributed by atoms with Crippen molar-refractivity contribution in [3.63, 3.8) is 0 Å². The molecule has 17 heavy (non-hydrogen) atoms. The zero-order valence-electron chi connectivity index (χ0n) is 12.2. The van der Waals surface area contributed by atoms with Gasteiger partial charge in [-0.25, -0.2) is 0 Å². The lowest BCUT2D eigenvalue weighted by Gasteiger charge is -2.40. The van der Waals surface area contributed by atoms with Gasteiger partial charge in [0.25, 0.3) is 0 Å². The minimum absolute atomic E-state index is 0.0153. The molecule has 0 aliphatic carbocycles. The number of hydrazone groups is 1. The van der Waals surface area contributed by atoms with Gasteiger partial charge in [-0.1, -0.05) is 13.8 Å². The molecule has 1 aliphatic rings. The Bertz CT molecular complexity index is 324. The molecule has 1 rings (SSSR count). The molecule has 0 radical (unpaired) electrons. The summed E-state index contributed by atoms with van der Waals surface area (Å²) in [7, 11) is 0. The highest BCUT2D eigenvalue weighted by molar-refractivity contribution is 5.89. The highest BCUT2D eigenvalue weighted by Gasteiger charge is 2.29. The zero-order valence-corrected chi connectivity index (χ0v) is 12.2. The largest absolute Gasteiger partial charge is 0.476 e. The van der Waals surface area contributed by atoms with Crippen molar-refractivity contribution >= 4 is 5.90 Å². The second-order valence-corrected chi connectivity index (χ2v) is 6.22. The number of nitrogens with zero attached hydrogens (tertiary/aromatic N) is 2. The number of hydrogen-bond donors (Lipinski definition) is 0. The number of rotatable bonds is 2. The fourth-order valence-corrected chi connectivity index (χ4v) is 1.78. The molecule has 1 aliphatic heterocycles. The van der Waals surface area contributed by atoms with Crippen LogP contribution in [0.2, 0.25) is 0 Å². The smallest absolute Gasteiger partial charge is 0.230 e. The normalized spacial score (nSPS) is 21.4. The summed E-state index contributed by atoms with van der Waals surface area (Å²) in [4.78, 5) is 0. The Balaban J connectivity index is 2.84. The molecule has 0 fully saturated rings. The van der Waals surface area contributed by atoms with Gasteiger partial charge in [-0.2, -0.15) is 0 Å². The maximum Gasteiger partial charge on any atom is 0.230 e. The van der Waals surface area contributed by atoms with Gasteiger partial charge in [0.15, 0.2) is 0 Å². The molecule has 0 spiro atoms. The molecular formula is C14H26N2O. The van der Waals surface area contributed by atoms with Crippen LogP contribution in [0.4, 0.5) is 0 Å². The number of ether oxygens (including phenoxy) is 1. The third-order valence-electron chi connectivity index (χ3n) is 2.84. The Morgan fingerprint density at radius 3 is 2.47 bits per heavy atom. The quantitative estimate of drug-likeness (QED) is 0.736. The van der Waals surface area contributed by atoms with Gasteiger partial charge in [-0.05, 0) is 46.1 Å². The van der Waals surface area contributed by atoms with Crippen molar-refractivity contribution in [2.24, 2.45) is 11.0 Å². The predicted molar refractivity (Wildman–Crippen MR) is 73.0 cm³/mol. The molecule has 0 unspecified atom stereocenters. The highest BCUT2D eigenvalue weighted by Crippen LogP contribution is 2.25. The van der Waals surface area contributed by atoms with E-state index >= 15 is 0 Å². The summed E-state index contributed by atoms with van der Waals surface area (Å²) >= 11 is 0. The molecule has 0 saturated heterocycles. The second kappa shape index (κ2) is 5.11. The molecule has 0 amide bonds. The van der Waals surface area contributed by atoms with Gasteiger partial charge in [0.1, 0.15) is 0 Å². The maximum absolute atomic E-state index is 5.72. The lowest BCUT2D eigenvalue weighted by molar-refractivity contribution is 0.101. The van der Waals surface area contributed by atoms with Crippen LogP contribution in [0.5, 0.6) is 0 Å². The molecule has 3 nitrogen and oxygen atoms in total. The summed E-state index contributed by atoms with van der Waals surface area (Å²) in [5.41, 5.74) is 1.31. The van der Waals surface area contributed by atoms with E-state index in [9.17, 15) is 0 Å².